The topological polar surface area (TPSA) is 113 Å². The molecule has 0 radical (unpaired) electrons. The summed E-state index contributed by atoms with van der Waals surface area (Å²) in [6, 6.07) is 1.76. The number of aromatic nitrogens is 4. The van der Waals surface area contributed by atoms with Crippen LogP contribution in [0.15, 0.2) is 12.3 Å². The van der Waals surface area contributed by atoms with Crippen molar-refractivity contribution in [2.45, 2.75) is 6.92 Å². The Hall–Kier alpha value is -2.44. The summed E-state index contributed by atoms with van der Waals surface area (Å²) in [5.41, 5.74) is 12.1. The van der Waals surface area contributed by atoms with E-state index in [-0.39, 0.29) is 11.4 Å². The first kappa shape index (κ1) is 11.1. The zero-order chi connectivity index (χ0) is 12.6. The molecular formula is C10H12N6O. The number of carbonyl (C=O) groups excluding carboxylic acids is 1. The molecule has 0 fully saturated rings. The van der Waals surface area contributed by atoms with Gasteiger partial charge < -0.3 is 11.5 Å². The minimum Gasteiger partial charge on any atom is -0.383 e. The molecule has 2 aromatic heterocycles. The van der Waals surface area contributed by atoms with Gasteiger partial charge in [-0.3, -0.25) is 9.48 Å². The van der Waals surface area contributed by atoms with Gasteiger partial charge in [0.1, 0.15) is 17.1 Å². The van der Waals surface area contributed by atoms with Gasteiger partial charge in [0.25, 0.3) is 5.91 Å². The standard InChI is InChI=1S/C10H12N6O/c1-5-7(9(12)17)8(11)14-10(13-5)6-3-4-16(2)15-6/h3-4H,1-2H3,(H2,12,17)(H2,11,13,14). The number of amides is 1. The Bertz CT molecular complexity index is 565. The Labute approximate surface area is 97.5 Å². The number of primary amides is 1. The van der Waals surface area contributed by atoms with Gasteiger partial charge in [0.05, 0.1) is 5.69 Å². The summed E-state index contributed by atoms with van der Waals surface area (Å²) >= 11 is 0. The molecule has 2 heterocycles. The summed E-state index contributed by atoms with van der Waals surface area (Å²) in [4.78, 5) is 19.3. The zero-order valence-electron chi connectivity index (χ0n) is 9.51. The van der Waals surface area contributed by atoms with Gasteiger partial charge in [-0.1, -0.05) is 0 Å². The van der Waals surface area contributed by atoms with Crippen molar-refractivity contribution in [2.24, 2.45) is 12.8 Å². The third kappa shape index (κ3) is 1.94. The van der Waals surface area contributed by atoms with Crippen LogP contribution in [-0.4, -0.2) is 25.7 Å². The molecule has 0 saturated carbocycles. The van der Waals surface area contributed by atoms with Crippen molar-refractivity contribution in [1.29, 1.82) is 0 Å². The summed E-state index contributed by atoms with van der Waals surface area (Å²) in [7, 11) is 1.79. The lowest BCUT2D eigenvalue weighted by Crippen LogP contribution is -2.17. The van der Waals surface area contributed by atoms with Gasteiger partial charge >= 0.3 is 0 Å². The van der Waals surface area contributed by atoms with Gasteiger partial charge in [0.2, 0.25) is 0 Å². The van der Waals surface area contributed by atoms with Gasteiger partial charge in [-0.25, -0.2) is 9.97 Å². The first-order valence-corrected chi connectivity index (χ1v) is 4.93. The molecule has 1 amide bonds. The fourth-order valence-electron chi connectivity index (χ4n) is 1.55. The van der Waals surface area contributed by atoms with E-state index >= 15 is 0 Å². The number of nitrogens with zero attached hydrogens (tertiary/aromatic N) is 4. The van der Waals surface area contributed by atoms with Crippen molar-refractivity contribution < 1.29 is 4.79 Å². The van der Waals surface area contributed by atoms with Crippen LogP contribution < -0.4 is 11.5 Å². The molecule has 0 aliphatic rings. The molecule has 0 bridgehead atoms. The van der Waals surface area contributed by atoms with Crippen molar-refractivity contribution in [3.63, 3.8) is 0 Å². The van der Waals surface area contributed by atoms with E-state index in [1.165, 1.54) is 0 Å². The third-order valence-corrected chi connectivity index (χ3v) is 2.31. The molecule has 0 aliphatic carbocycles. The Morgan fingerprint density at radius 3 is 2.59 bits per heavy atom. The molecule has 0 atom stereocenters. The number of nitrogens with two attached hydrogens (primary N) is 2. The number of aryl methyl sites for hydroxylation is 2. The van der Waals surface area contributed by atoms with Crippen LogP contribution in [0.3, 0.4) is 0 Å². The van der Waals surface area contributed by atoms with Crippen LogP contribution in [0.2, 0.25) is 0 Å². The van der Waals surface area contributed by atoms with E-state index in [0.717, 1.165) is 0 Å². The second-order valence-corrected chi connectivity index (χ2v) is 3.63. The van der Waals surface area contributed by atoms with Gasteiger partial charge in [0, 0.05) is 13.2 Å². The minimum atomic E-state index is -0.632. The van der Waals surface area contributed by atoms with E-state index in [0.29, 0.717) is 17.2 Å². The van der Waals surface area contributed by atoms with Gasteiger partial charge in [-0.2, -0.15) is 5.10 Å². The van der Waals surface area contributed by atoms with Gasteiger partial charge in [-0.15, -0.1) is 0 Å². The first-order valence-electron chi connectivity index (χ1n) is 4.93. The lowest BCUT2D eigenvalue weighted by atomic mass is 10.2. The van der Waals surface area contributed by atoms with Crippen LogP contribution in [-0.2, 0) is 7.05 Å². The molecule has 2 aromatic rings. The summed E-state index contributed by atoms with van der Waals surface area (Å²) in [6.07, 6.45) is 1.77. The molecule has 17 heavy (non-hydrogen) atoms. The Balaban J connectivity index is 2.56. The third-order valence-electron chi connectivity index (χ3n) is 2.31. The second-order valence-electron chi connectivity index (χ2n) is 3.63. The summed E-state index contributed by atoms with van der Waals surface area (Å²) in [6.45, 7) is 1.66. The molecule has 0 unspecified atom stereocenters. The maximum Gasteiger partial charge on any atom is 0.254 e. The number of anilines is 1. The van der Waals surface area contributed by atoms with Crippen LogP contribution in [0.5, 0.6) is 0 Å². The van der Waals surface area contributed by atoms with E-state index < -0.39 is 5.91 Å². The summed E-state index contributed by atoms with van der Waals surface area (Å²) < 4.78 is 1.63. The molecule has 4 N–H and O–H groups in total. The Morgan fingerprint density at radius 1 is 1.41 bits per heavy atom. The first-order chi connectivity index (χ1) is 7.99. The monoisotopic (exact) mass is 232 g/mol. The molecule has 0 aromatic carbocycles. The quantitative estimate of drug-likeness (QED) is 0.748. The fourth-order valence-corrected chi connectivity index (χ4v) is 1.55. The largest absolute Gasteiger partial charge is 0.383 e. The van der Waals surface area contributed by atoms with Crippen molar-refractivity contribution in [3.05, 3.63) is 23.5 Å². The van der Waals surface area contributed by atoms with Gasteiger partial charge in [0.15, 0.2) is 5.82 Å². The SMILES string of the molecule is Cc1nc(-c2ccn(C)n2)nc(N)c1C(N)=O. The van der Waals surface area contributed by atoms with E-state index in [4.69, 9.17) is 11.5 Å². The molecule has 0 spiro atoms. The predicted octanol–water partition coefficient (Wildman–Crippen LogP) is -0.133. The summed E-state index contributed by atoms with van der Waals surface area (Å²) in [5, 5.41) is 4.16. The van der Waals surface area contributed by atoms with Crippen LogP contribution in [0.4, 0.5) is 5.82 Å². The van der Waals surface area contributed by atoms with Crippen LogP contribution in [0, 0.1) is 6.92 Å². The van der Waals surface area contributed by atoms with Crippen LogP contribution in [0.1, 0.15) is 16.1 Å². The molecular weight excluding hydrogens is 220 g/mol. The number of carbonyl (C=O) groups is 1. The highest BCUT2D eigenvalue weighted by Crippen LogP contribution is 2.18. The van der Waals surface area contributed by atoms with Crippen molar-refractivity contribution >= 4 is 11.7 Å². The maximum absolute atomic E-state index is 11.1. The molecule has 2 rings (SSSR count). The smallest absolute Gasteiger partial charge is 0.254 e. The highest BCUT2D eigenvalue weighted by Gasteiger charge is 2.15. The highest BCUT2D eigenvalue weighted by atomic mass is 16.1. The average molecular weight is 232 g/mol. The number of rotatable bonds is 2. The maximum atomic E-state index is 11.1. The molecule has 88 valence electrons. The number of hydrogen-bond acceptors (Lipinski definition) is 5. The average Bonchev–Trinajstić information content (AvgIpc) is 2.63. The Morgan fingerprint density at radius 2 is 2.12 bits per heavy atom. The van der Waals surface area contributed by atoms with Crippen molar-refractivity contribution in [2.75, 3.05) is 5.73 Å². The van der Waals surface area contributed by atoms with E-state index in [1.54, 1.807) is 30.9 Å². The molecule has 7 heteroatoms. The van der Waals surface area contributed by atoms with Crippen molar-refractivity contribution in [1.82, 2.24) is 19.7 Å². The molecule has 0 saturated heterocycles. The molecule has 0 aliphatic heterocycles. The zero-order valence-corrected chi connectivity index (χ0v) is 9.51. The van der Waals surface area contributed by atoms with E-state index in [2.05, 4.69) is 15.1 Å². The predicted molar refractivity (Wildman–Crippen MR) is 61.9 cm³/mol. The van der Waals surface area contributed by atoms with E-state index in [9.17, 15) is 4.79 Å². The second kappa shape index (κ2) is 3.85. The van der Waals surface area contributed by atoms with Crippen LogP contribution >= 0.6 is 0 Å². The number of nitrogen functional groups attached to an aromatic ring is 1. The lowest BCUT2D eigenvalue weighted by Gasteiger charge is -2.05. The summed E-state index contributed by atoms with van der Waals surface area (Å²) in [5.74, 6) is -0.177. The number of hydrogen-bond donors (Lipinski definition) is 2. The van der Waals surface area contributed by atoms with E-state index in [1.807, 2.05) is 0 Å². The Kier molecular flexibility index (Phi) is 2.51. The fraction of sp³-hybridized carbons (Fsp3) is 0.200. The van der Waals surface area contributed by atoms with Crippen LogP contribution in [0.25, 0.3) is 11.5 Å². The van der Waals surface area contributed by atoms with Gasteiger partial charge in [-0.05, 0) is 13.0 Å². The normalized spacial score (nSPS) is 10.5. The van der Waals surface area contributed by atoms with Crippen molar-refractivity contribution in [3.8, 4) is 11.5 Å². The highest BCUT2D eigenvalue weighted by molar-refractivity contribution is 5.98. The lowest BCUT2D eigenvalue weighted by molar-refractivity contribution is 0.1000. The molecule has 7 nitrogen and oxygen atoms in total. The minimum absolute atomic E-state index is 0.0747.